The molecule has 2 aromatic heterocycles. The zero-order chi connectivity index (χ0) is 15.2. The number of hydrogen-bond acceptors (Lipinski definition) is 4. The van der Waals surface area contributed by atoms with Gasteiger partial charge in [-0.1, -0.05) is 30.3 Å². The van der Waals surface area contributed by atoms with Crippen molar-refractivity contribution in [1.82, 2.24) is 0 Å². The Balaban J connectivity index is 1.85. The zero-order valence-corrected chi connectivity index (χ0v) is 12.1. The van der Waals surface area contributed by atoms with Crippen LogP contribution in [0.25, 0.3) is 33.6 Å². The van der Waals surface area contributed by atoms with Gasteiger partial charge in [0.2, 0.25) is 6.79 Å². The van der Waals surface area contributed by atoms with Crippen LogP contribution < -0.4 is 9.47 Å². The first-order chi connectivity index (χ1) is 11.4. The highest BCUT2D eigenvalue weighted by molar-refractivity contribution is 6.01. The van der Waals surface area contributed by atoms with E-state index in [-0.39, 0.29) is 6.79 Å². The van der Waals surface area contributed by atoms with Crippen molar-refractivity contribution in [2.24, 2.45) is 0 Å². The van der Waals surface area contributed by atoms with Crippen LogP contribution in [-0.4, -0.2) is 6.79 Å². The van der Waals surface area contributed by atoms with Gasteiger partial charge in [-0.05, 0) is 18.2 Å². The summed E-state index contributed by atoms with van der Waals surface area (Å²) >= 11 is 0. The summed E-state index contributed by atoms with van der Waals surface area (Å²) in [5.74, 6) is 2.98. The van der Waals surface area contributed by atoms with Gasteiger partial charge in [-0.15, -0.1) is 0 Å². The van der Waals surface area contributed by atoms with Gasteiger partial charge in [0, 0.05) is 17.0 Å². The van der Waals surface area contributed by atoms with Crippen LogP contribution in [0.4, 0.5) is 0 Å². The van der Waals surface area contributed by atoms with E-state index in [0.717, 1.165) is 39.4 Å². The fourth-order valence-electron chi connectivity index (χ4n) is 2.94. The molecule has 0 amide bonds. The van der Waals surface area contributed by atoms with Crippen LogP contribution in [0.1, 0.15) is 0 Å². The van der Waals surface area contributed by atoms with Gasteiger partial charge in [0.1, 0.15) is 17.1 Å². The summed E-state index contributed by atoms with van der Waals surface area (Å²) in [7, 11) is 0. The molecule has 0 bridgehead atoms. The molecule has 3 heterocycles. The second-order valence-electron chi connectivity index (χ2n) is 5.35. The third kappa shape index (κ3) is 1.85. The van der Waals surface area contributed by atoms with Crippen molar-refractivity contribution >= 4 is 11.0 Å². The lowest BCUT2D eigenvalue weighted by Gasteiger charge is -2.00. The first kappa shape index (κ1) is 12.4. The van der Waals surface area contributed by atoms with Crippen molar-refractivity contribution in [1.29, 1.82) is 0 Å². The van der Waals surface area contributed by atoms with E-state index in [9.17, 15) is 0 Å². The maximum absolute atomic E-state index is 6.14. The van der Waals surface area contributed by atoms with E-state index in [1.807, 2.05) is 54.6 Å². The van der Waals surface area contributed by atoms with Gasteiger partial charge >= 0.3 is 0 Å². The highest BCUT2D eigenvalue weighted by Crippen LogP contribution is 2.45. The maximum Gasteiger partial charge on any atom is 0.231 e. The van der Waals surface area contributed by atoms with E-state index in [2.05, 4.69) is 0 Å². The number of benzene rings is 2. The molecule has 0 spiro atoms. The van der Waals surface area contributed by atoms with Crippen LogP contribution in [0, 0.1) is 0 Å². The number of hydrogen-bond donors (Lipinski definition) is 0. The van der Waals surface area contributed by atoms with Gasteiger partial charge in [0.05, 0.1) is 11.8 Å². The van der Waals surface area contributed by atoms with E-state index < -0.39 is 0 Å². The Bertz CT molecular complexity index is 981. The minimum absolute atomic E-state index is 0.240. The molecule has 23 heavy (non-hydrogen) atoms. The van der Waals surface area contributed by atoms with Crippen molar-refractivity contribution < 1.29 is 18.3 Å². The van der Waals surface area contributed by atoms with Gasteiger partial charge in [-0.25, -0.2) is 0 Å². The minimum atomic E-state index is 0.240. The quantitative estimate of drug-likeness (QED) is 0.517. The highest BCUT2D eigenvalue weighted by atomic mass is 16.7. The van der Waals surface area contributed by atoms with Crippen LogP contribution in [-0.2, 0) is 0 Å². The van der Waals surface area contributed by atoms with E-state index >= 15 is 0 Å². The Morgan fingerprint density at radius 1 is 0.826 bits per heavy atom. The standard InChI is InChI=1S/C19H12O4/c1-2-5-12(6-3-1)19-18(14-7-4-8-20-14)13-9-16-17(22-11-21-16)10-15(13)23-19/h1-10H,11H2. The molecule has 0 saturated heterocycles. The Labute approximate surface area is 131 Å². The first-order valence-corrected chi connectivity index (χ1v) is 7.35. The lowest BCUT2D eigenvalue weighted by atomic mass is 10.0. The Morgan fingerprint density at radius 2 is 1.65 bits per heavy atom. The molecule has 4 heteroatoms. The fourth-order valence-corrected chi connectivity index (χ4v) is 2.94. The summed E-state index contributed by atoms with van der Waals surface area (Å²) in [4.78, 5) is 0. The predicted molar refractivity (Wildman–Crippen MR) is 85.5 cm³/mol. The minimum Gasteiger partial charge on any atom is -0.464 e. The monoisotopic (exact) mass is 304 g/mol. The van der Waals surface area contributed by atoms with Crippen LogP contribution >= 0.6 is 0 Å². The van der Waals surface area contributed by atoms with Gasteiger partial charge in [0.15, 0.2) is 11.5 Å². The second kappa shape index (κ2) is 4.68. The molecule has 1 aliphatic rings. The third-order valence-corrected chi connectivity index (χ3v) is 3.99. The molecule has 0 aliphatic carbocycles. The molecule has 0 atom stereocenters. The van der Waals surface area contributed by atoms with Crippen LogP contribution in [0.3, 0.4) is 0 Å². The molecular formula is C19H12O4. The Morgan fingerprint density at radius 3 is 2.43 bits per heavy atom. The zero-order valence-electron chi connectivity index (χ0n) is 12.1. The summed E-state index contributed by atoms with van der Waals surface area (Å²) in [6.45, 7) is 0.240. The smallest absolute Gasteiger partial charge is 0.231 e. The molecule has 1 aliphatic heterocycles. The van der Waals surface area contributed by atoms with Gasteiger partial charge in [-0.2, -0.15) is 0 Å². The van der Waals surface area contributed by atoms with Crippen molar-refractivity contribution in [2.75, 3.05) is 6.79 Å². The van der Waals surface area contributed by atoms with Gasteiger partial charge in [0.25, 0.3) is 0 Å². The lowest BCUT2D eigenvalue weighted by molar-refractivity contribution is 0.174. The highest BCUT2D eigenvalue weighted by Gasteiger charge is 2.23. The fraction of sp³-hybridized carbons (Fsp3) is 0.0526. The lowest BCUT2D eigenvalue weighted by Crippen LogP contribution is -1.92. The van der Waals surface area contributed by atoms with E-state index in [4.69, 9.17) is 18.3 Å². The molecule has 0 unspecified atom stereocenters. The van der Waals surface area contributed by atoms with E-state index in [1.165, 1.54) is 0 Å². The summed E-state index contributed by atoms with van der Waals surface area (Å²) in [5, 5.41) is 0.947. The molecule has 0 N–H and O–H groups in total. The first-order valence-electron chi connectivity index (χ1n) is 7.35. The summed E-state index contributed by atoms with van der Waals surface area (Å²) < 4.78 is 22.7. The predicted octanol–water partition coefficient (Wildman–Crippen LogP) is 5.09. The molecule has 4 nitrogen and oxygen atoms in total. The van der Waals surface area contributed by atoms with Gasteiger partial charge in [-0.3, -0.25) is 0 Å². The third-order valence-electron chi connectivity index (χ3n) is 3.99. The Kier molecular flexibility index (Phi) is 2.52. The Hall–Kier alpha value is -3.14. The van der Waals surface area contributed by atoms with Crippen LogP contribution in [0.2, 0.25) is 0 Å². The van der Waals surface area contributed by atoms with Crippen molar-refractivity contribution in [2.45, 2.75) is 0 Å². The topological polar surface area (TPSA) is 44.7 Å². The molecular weight excluding hydrogens is 292 g/mol. The SMILES string of the molecule is c1ccc(-c2oc3cc4c(cc3c2-c2ccco2)OCO4)cc1. The normalized spacial score (nSPS) is 12.9. The van der Waals surface area contributed by atoms with Crippen molar-refractivity contribution in [3.05, 3.63) is 60.9 Å². The number of ether oxygens (including phenoxy) is 2. The number of fused-ring (bicyclic) bond motifs is 2. The summed E-state index contributed by atoms with van der Waals surface area (Å²) in [5.41, 5.74) is 2.67. The average molecular weight is 304 g/mol. The van der Waals surface area contributed by atoms with Crippen LogP contribution in [0.5, 0.6) is 11.5 Å². The molecule has 5 rings (SSSR count). The number of rotatable bonds is 2. The molecule has 2 aromatic carbocycles. The van der Waals surface area contributed by atoms with Crippen molar-refractivity contribution in [3.63, 3.8) is 0 Å². The molecule has 4 aromatic rings. The summed E-state index contributed by atoms with van der Waals surface area (Å²) in [6.07, 6.45) is 1.66. The molecule has 0 fully saturated rings. The van der Waals surface area contributed by atoms with Crippen molar-refractivity contribution in [3.8, 4) is 34.1 Å². The largest absolute Gasteiger partial charge is 0.464 e. The molecule has 112 valence electrons. The number of furan rings is 2. The maximum atomic E-state index is 6.14. The molecule has 0 saturated carbocycles. The summed E-state index contributed by atoms with van der Waals surface area (Å²) in [6, 6.07) is 17.6. The second-order valence-corrected chi connectivity index (χ2v) is 5.35. The van der Waals surface area contributed by atoms with E-state index in [1.54, 1.807) is 6.26 Å². The van der Waals surface area contributed by atoms with E-state index in [0.29, 0.717) is 5.75 Å². The molecule has 0 radical (unpaired) electrons. The van der Waals surface area contributed by atoms with Gasteiger partial charge < -0.3 is 18.3 Å². The van der Waals surface area contributed by atoms with Crippen LogP contribution in [0.15, 0.2) is 69.7 Å². The average Bonchev–Trinajstić information content (AvgIpc) is 3.31.